The van der Waals surface area contributed by atoms with Crippen LogP contribution in [0.2, 0.25) is 0 Å². The smallest absolute Gasteiger partial charge is 0.251 e. The van der Waals surface area contributed by atoms with E-state index in [-0.39, 0.29) is 11.9 Å². The lowest BCUT2D eigenvalue weighted by Gasteiger charge is -2.31. The second-order valence-corrected chi connectivity index (χ2v) is 8.80. The van der Waals surface area contributed by atoms with Crippen LogP contribution in [0.25, 0.3) is 11.3 Å². The molecular formula is C23H30N4O2S. The molecule has 0 atom stereocenters. The zero-order chi connectivity index (χ0) is 20.9. The first kappa shape index (κ1) is 20.9. The fourth-order valence-corrected chi connectivity index (χ4v) is 5.08. The number of hydrogen-bond acceptors (Lipinski definition) is 6. The van der Waals surface area contributed by atoms with Gasteiger partial charge < -0.3 is 15.0 Å². The third kappa shape index (κ3) is 4.68. The number of aromatic nitrogens is 1. The number of nitrogens with zero attached hydrogens (tertiary/aromatic N) is 3. The first-order valence-corrected chi connectivity index (χ1v) is 11.6. The summed E-state index contributed by atoms with van der Waals surface area (Å²) < 4.78 is 5.56. The lowest BCUT2D eigenvalue weighted by molar-refractivity contribution is 0.0914. The summed E-state index contributed by atoms with van der Waals surface area (Å²) in [7, 11) is 1.66. The first-order valence-electron chi connectivity index (χ1n) is 10.7. The van der Waals surface area contributed by atoms with Crippen LogP contribution in [-0.2, 0) is 0 Å². The molecule has 3 heterocycles. The molecule has 0 saturated carbocycles. The minimum Gasteiger partial charge on any atom is -0.496 e. The fourth-order valence-electron chi connectivity index (χ4n) is 4.20. The molecule has 0 bridgehead atoms. The molecule has 1 N–H and O–H groups in total. The van der Waals surface area contributed by atoms with Crippen LogP contribution in [0.4, 0.5) is 5.13 Å². The summed E-state index contributed by atoms with van der Waals surface area (Å²) in [5.41, 5.74) is 2.38. The Labute approximate surface area is 182 Å². The van der Waals surface area contributed by atoms with Crippen molar-refractivity contribution in [3.63, 3.8) is 0 Å². The van der Waals surface area contributed by atoms with E-state index in [4.69, 9.17) is 9.72 Å². The average molecular weight is 427 g/mol. The number of rotatable bonds is 7. The highest BCUT2D eigenvalue weighted by Gasteiger charge is 2.22. The normalized spacial score (nSPS) is 17.8. The number of nitrogens with one attached hydrogen (secondary N) is 1. The Hall–Kier alpha value is -2.38. The molecule has 6 nitrogen and oxygen atoms in total. The number of likely N-dealkylation sites (tertiary alicyclic amines) is 1. The van der Waals surface area contributed by atoms with Crippen LogP contribution in [0.15, 0.2) is 36.2 Å². The monoisotopic (exact) mass is 426 g/mol. The lowest BCUT2D eigenvalue weighted by atomic mass is 10.0. The molecule has 2 saturated heterocycles. The van der Waals surface area contributed by atoms with Gasteiger partial charge in [-0.25, -0.2) is 4.98 Å². The van der Waals surface area contributed by atoms with Gasteiger partial charge in [-0.05, 0) is 43.9 Å². The van der Waals surface area contributed by atoms with Crippen LogP contribution >= 0.6 is 11.3 Å². The van der Waals surface area contributed by atoms with Crippen LogP contribution in [0, 0.1) is 0 Å². The van der Waals surface area contributed by atoms with Gasteiger partial charge in [0.15, 0.2) is 5.13 Å². The highest BCUT2D eigenvalue weighted by molar-refractivity contribution is 7.14. The maximum Gasteiger partial charge on any atom is 0.251 e. The summed E-state index contributed by atoms with van der Waals surface area (Å²) in [6.07, 6.45) is 6.31. The summed E-state index contributed by atoms with van der Waals surface area (Å²) in [6, 6.07) is 5.82. The first-order chi connectivity index (χ1) is 14.7. The van der Waals surface area contributed by atoms with E-state index < -0.39 is 0 Å². The number of thiazole rings is 1. The summed E-state index contributed by atoms with van der Waals surface area (Å²) in [5.74, 6) is 0.707. The molecular weight excluding hydrogens is 396 g/mol. The molecule has 0 unspecified atom stereocenters. The lowest BCUT2D eigenvalue weighted by Crippen LogP contribution is -2.44. The number of amides is 1. The van der Waals surface area contributed by atoms with Crippen LogP contribution in [0.1, 0.15) is 36.0 Å². The molecule has 30 heavy (non-hydrogen) atoms. The van der Waals surface area contributed by atoms with Gasteiger partial charge in [-0.15, -0.1) is 17.9 Å². The zero-order valence-electron chi connectivity index (χ0n) is 17.6. The van der Waals surface area contributed by atoms with E-state index in [9.17, 15) is 4.79 Å². The molecule has 0 spiro atoms. The number of carbonyl (C=O) groups excluding carboxylic acids is 1. The topological polar surface area (TPSA) is 57.7 Å². The van der Waals surface area contributed by atoms with Gasteiger partial charge in [0, 0.05) is 55.3 Å². The summed E-state index contributed by atoms with van der Waals surface area (Å²) in [5, 5.41) is 6.31. The van der Waals surface area contributed by atoms with Gasteiger partial charge in [-0.3, -0.25) is 9.69 Å². The number of anilines is 1. The molecule has 2 aliphatic rings. The number of hydrogen-bond donors (Lipinski definition) is 1. The van der Waals surface area contributed by atoms with E-state index in [1.54, 1.807) is 18.4 Å². The maximum absolute atomic E-state index is 12.9. The minimum atomic E-state index is -0.0314. The van der Waals surface area contributed by atoms with Crippen LogP contribution in [0.3, 0.4) is 0 Å². The van der Waals surface area contributed by atoms with Gasteiger partial charge in [-0.2, -0.15) is 0 Å². The number of piperidine rings is 1. The van der Waals surface area contributed by atoms with Crippen molar-refractivity contribution in [1.82, 2.24) is 15.2 Å². The quantitative estimate of drug-likeness (QED) is 0.683. The van der Waals surface area contributed by atoms with Crippen LogP contribution in [-0.4, -0.2) is 61.7 Å². The standard InChI is InChI=1S/C23H30N4O2S/c1-3-10-26-13-8-18(9-14-26)24-22(28)17-6-7-21(29-2)19(15-17)20-16-30-23(25-20)27-11-4-5-12-27/h3,6-7,15-16,18H,1,4-5,8-14H2,2H3,(H,24,28). The van der Waals surface area contributed by atoms with E-state index in [1.807, 2.05) is 24.3 Å². The highest BCUT2D eigenvalue weighted by Crippen LogP contribution is 2.35. The molecule has 2 aliphatic heterocycles. The Kier molecular flexibility index (Phi) is 6.69. The molecule has 4 rings (SSSR count). The minimum absolute atomic E-state index is 0.0314. The SMILES string of the molecule is C=CCN1CCC(NC(=O)c2ccc(OC)c(-c3csc(N4CCCC4)n3)c2)CC1. The van der Waals surface area contributed by atoms with Gasteiger partial charge in [0.05, 0.1) is 12.8 Å². The Morgan fingerprint density at radius 1 is 1.30 bits per heavy atom. The largest absolute Gasteiger partial charge is 0.496 e. The number of ether oxygens (including phenoxy) is 1. The van der Waals surface area contributed by atoms with Crippen molar-refractivity contribution in [2.24, 2.45) is 0 Å². The number of methoxy groups -OCH3 is 1. The molecule has 1 aromatic heterocycles. The van der Waals surface area contributed by atoms with Crippen molar-refractivity contribution < 1.29 is 9.53 Å². The third-order valence-electron chi connectivity index (χ3n) is 5.92. The Morgan fingerprint density at radius 3 is 2.77 bits per heavy atom. The van der Waals surface area contributed by atoms with Crippen molar-refractivity contribution >= 4 is 22.4 Å². The molecule has 1 aromatic carbocycles. The maximum atomic E-state index is 12.9. The number of benzene rings is 1. The Morgan fingerprint density at radius 2 is 2.07 bits per heavy atom. The van der Waals surface area contributed by atoms with Gasteiger partial charge in [0.25, 0.3) is 5.91 Å². The predicted octanol–water partition coefficient (Wildman–Crippen LogP) is 3.80. The van der Waals surface area contributed by atoms with E-state index in [0.717, 1.165) is 67.7 Å². The van der Waals surface area contributed by atoms with Crippen molar-refractivity contribution in [3.8, 4) is 17.0 Å². The van der Waals surface area contributed by atoms with Crippen LogP contribution < -0.4 is 15.0 Å². The molecule has 0 radical (unpaired) electrons. The average Bonchev–Trinajstić information content (AvgIpc) is 3.47. The fraction of sp³-hybridized carbons (Fsp3) is 0.478. The van der Waals surface area contributed by atoms with E-state index >= 15 is 0 Å². The van der Waals surface area contributed by atoms with Gasteiger partial charge in [0.1, 0.15) is 5.75 Å². The summed E-state index contributed by atoms with van der Waals surface area (Å²) in [4.78, 5) is 22.4. The van der Waals surface area contributed by atoms with Crippen molar-refractivity contribution in [3.05, 3.63) is 41.8 Å². The molecule has 160 valence electrons. The second kappa shape index (κ2) is 9.62. The predicted molar refractivity (Wildman–Crippen MR) is 123 cm³/mol. The van der Waals surface area contributed by atoms with Crippen LogP contribution in [0.5, 0.6) is 5.75 Å². The van der Waals surface area contributed by atoms with E-state index in [2.05, 4.69) is 27.1 Å². The van der Waals surface area contributed by atoms with Gasteiger partial charge in [0.2, 0.25) is 0 Å². The molecule has 2 fully saturated rings. The second-order valence-electron chi connectivity index (χ2n) is 7.96. The molecule has 0 aliphatic carbocycles. The van der Waals surface area contributed by atoms with Crippen molar-refractivity contribution in [2.75, 3.05) is 44.7 Å². The van der Waals surface area contributed by atoms with E-state index in [0.29, 0.717) is 5.56 Å². The van der Waals surface area contributed by atoms with Gasteiger partial charge in [-0.1, -0.05) is 6.08 Å². The van der Waals surface area contributed by atoms with Crippen molar-refractivity contribution in [2.45, 2.75) is 31.7 Å². The molecule has 7 heteroatoms. The highest BCUT2D eigenvalue weighted by atomic mass is 32.1. The van der Waals surface area contributed by atoms with Crippen molar-refractivity contribution in [1.29, 1.82) is 0 Å². The Balaban J connectivity index is 1.47. The number of carbonyl (C=O) groups is 1. The van der Waals surface area contributed by atoms with Gasteiger partial charge >= 0.3 is 0 Å². The third-order valence-corrected chi connectivity index (χ3v) is 6.82. The van der Waals surface area contributed by atoms with E-state index in [1.165, 1.54) is 12.8 Å². The summed E-state index contributed by atoms with van der Waals surface area (Å²) >= 11 is 1.65. The summed E-state index contributed by atoms with van der Waals surface area (Å²) in [6.45, 7) is 8.83. The molecule has 2 aromatic rings. The molecule has 1 amide bonds. The Bertz CT molecular complexity index is 883. The zero-order valence-corrected chi connectivity index (χ0v) is 18.4.